The molecule has 4 rings (SSSR count). The standard InChI is InChI=1S/C18H14N4S/c1-2-10-16(11-3-1)22-18(19-20-21-22)23-13-15-9-6-8-14-7-4-5-12-17(14)15/h1-12H,13H2. The highest BCUT2D eigenvalue weighted by Gasteiger charge is 2.09. The number of rotatable bonds is 4. The molecular formula is C18H14N4S. The zero-order valence-corrected chi connectivity index (χ0v) is 13.1. The van der Waals surface area contributed by atoms with E-state index in [9.17, 15) is 0 Å². The smallest absolute Gasteiger partial charge is 0.188 e. The maximum atomic E-state index is 4.15. The summed E-state index contributed by atoms with van der Waals surface area (Å²) >= 11 is 1.64. The fourth-order valence-electron chi connectivity index (χ4n) is 2.56. The number of hydrogen-bond acceptors (Lipinski definition) is 4. The summed E-state index contributed by atoms with van der Waals surface area (Å²) < 4.78 is 1.77. The Morgan fingerprint density at radius 3 is 2.52 bits per heavy atom. The normalized spacial score (nSPS) is 11.0. The molecule has 0 fully saturated rings. The number of para-hydroxylation sites is 1. The van der Waals surface area contributed by atoms with Crippen molar-refractivity contribution >= 4 is 22.5 Å². The van der Waals surface area contributed by atoms with E-state index >= 15 is 0 Å². The molecule has 0 aliphatic rings. The van der Waals surface area contributed by atoms with Gasteiger partial charge in [0.25, 0.3) is 0 Å². The molecule has 0 radical (unpaired) electrons. The third-order valence-corrected chi connectivity index (χ3v) is 4.65. The van der Waals surface area contributed by atoms with E-state index in [4.69, 9.17) is 0 Å². The number of thioether (sulfide) groups is 1. The Labute approximate surface area is 138 Å². The third-order valence-electron chi connectivity index (χ3n) is 3.68. The monoisotopic (exact) mass is 318 g/mol. The lowest BCUT2D eigenvalue weighted by Gasteiger charge is -2.07. The first kappa shape index (κ1) is 14.0. The van der Waals surface area contributed by atoms with Crippen molar-refractivity contribution in [3.63, 3.8) is 0 Å². The van der Waals surface area contributed by atoms with E-state index in [0.717, 1.165) is 16.6 Å². The van der Waals surface area contributed by atoms with E-state index in [0.29, 0.717) is 0 Å². The molecule has 23 heavy (non-hydrogen) atoms. The SMILES string of the molecule is c1ccc(-n2nnnc2SCc2cccc3ccccc23)cc1. The highest BCUT2D eigenvalue weighted by atomic mass is 32.2. The molecule has 0 unspecified atom stereocenters. The quantitative estimate of drug-likeness (QED) is 0.531. The zero-order valence-electron chi connectivity index (χ0n) is 12.3. The number of hydrogen-bond donors (Lipinski definition) is 0. The molecule has 1 heterocycles. The van der Waals surface area contributed by atoms with Gasteiger partial charge in [-0.15, -0.1) is 5.10 Å². The predicted octanol–water partition coefficient (Wildman–Crippen LogP) is 4.11. The van der Waals surface area contributed by atoms with Crippen LogP contribution < -0.4 is 0 Å². The van der Waals surface area contributed by atoms with Crippen molar-refractivity contribution in [2.24, 2.45) is 0 Å². The van der Waals surface area contributed by atoms with Gasteiger partial charge < -0.3 is 0 Å². The van der Waals surface area contributed by atoms with Crippen LogP contribution in [-0.2, 0) is 5.75 Å². The summed E-state index contributed by atoms with van der Waals surface area (Å²) in [6, 6.07) is 24.8. The molecule has 4 nitrogen and oxygen atoms in total. The number of fused-ring (bicyclic) bond motifs is 1. The first-order chi connectivity index (χ1) is 11.4. The van der Waals surface area contributed by atoms with Gasteiger partial charge in [-0.05, 0) is 38.9 Å². The van der Waals surface area contributed by atoms with Crippen molar-refractivity contribution < 1.29 is 0 Å². The van der Waals surface area contributed by atoms with Gasteiger partial charge in [-0.2, -0.15) is 4.68 Å². The van der Waals surface area contributed by atoms with E-state index in [2.05, 4.69) is 58.0 Å². The van der Waals surface area contributed by atoms with E-state index in [-0.39, 0.29) is 0 Å². The Hall–Kier alpha value is -2.66. The highest BCUT2D eigenvalue weighted by molar-refractivity contribution is 7.98. The maximum Gasteiger partial charge on any atom is 0.214 e. The lowest BCUT2D eigenvalue weighted by Crippen LogP contribution is -1.98. The lowest BCUT2D eigenvalue weighted by atomic mass is 10.1. The topological polar surface area (TPSA) is 43.6 Å². The molecular weight excluding hydrogens is 304 g/mol. The van der Waals surface area contributed by atoms with Crippen LogP contribution in [0.2, 0.25) is 0 Å². The van der Waals surface area contributed by atoms with Crippen molar-refractivity contribution in [3.05, 3.63) is 78.4 Å². The van der Waals surface area contributed by atoms with Crippen molar-refractivity contribution in [2.45, 2.75) is 10.9 Å². The van der Waals surface area contributed by atoms with E-state index in [1.54, 1.807) is 16.4 Å². The number of aromatic nitrogens is 4. The van der Waals surface area contributed by atoms with Crippen LogP contribution in [0.15, 0.2) is 78.0 Å². The molecule has 1 aromatic heterocycles. The predicted molar refractivity (Wildman–Crippen MR) is 92.7 cm³/mol. The molecule has 3 aromatic carbocycles. The molecule has 0 saturated carbocycles. The Bertz CT molecular complexity index is 929. The highest BCUT2D eigenvalue weighted by Crippen LogP contribution is 2.26. The molecule has 112 valence electrons. The molecule has 0 saturated heterocycles. The minimum absolute atomic E-state index is 0.795. The van der Waals surface area contributed by atoms with Gasteiger partial charge in [-0.3, -0.25) is 0 Å². The second kappa shape index (κ2) is 6.22. The second-order valence-corrected chi connectivity index (χ2v) is 6.08. The summed E-state index contributed by atoms with van der Waals surface area (Å²) in [7, 11) is 0. The third kappa shape index (κ3) is 2.83. The van der Waals surface area contributed by atoms with Gasteiger partial charge in [0.15, 0.2) is 0 Å². The van der Waals surface area contributed by atoms with Crippen molar-refractivity contribution in [1.82, 2.24) is 20.2 Å². The molecule has 0 aliphatic heterocycles. The van der Waals surface area contributed by atoms with Gasteiger partial charge in [0.1, 0.15) is 0 Å². The van der Waals surface area contributed by atoms with Crippen LogP contribution in [0.5, 0.6) is 0 Å². The molecule has 0 aliphatic carbocycles. The van der Waals surface area contributed by atoms with E-state index in [1.807, 2.05) is 30.3 Å². The Kier molecular flexibility index (Phi) is 3.78. The Morgan fingerprint density at radius 2 is 1.61 bits per heavy atom. The maximum absolute atomic E-state index is 4.15. The average Bonchev–Trinajstić information content (AvgIpc) is 3.09. The molecule has 0 atom stereocenters. The van der Waals surface area contributed by atoms with Gasteiger partial charge in [-0.1, -0.05) is 72.4 Å². The summed E-state index contributed by atoms with van der Waals surface area (Å²) in [5.74, 6) is 0.828. The molecule has 0 spiro atoms. The minimum atomic E-state index is 0.795. The van der Waals surface area contributed by atoms with E-state index in [1.165, 1.54) is 16.3 Å². The summed E-state index contributed by atoms with van der Waals surface area (Å²) in [6.07, 6.45) is 0. The Balaban J connectivity index is 1.62. The Morgan fingerprint density at radius 1 is 0.826 bits per heavy atom. The van der Waals surface area contributed by atoms with Crippen molar-refractivity contribution in [2.75, 3.05) is 0 Å². The number of benzene rings is 3. The molecule has 5 heteroatoms. The van der Waals surface area contributed by atoms with Crippen LogP contribution in [0, 0.1) is 0 Å². The molecule has 0 bridgehead atoms. The second-order valence-electron chi connectivity index (χ2n) is 5.14. The molecule has 0 N–H and O–H groups in total. The van der Waals surface area contributed by atoms with Crippen LogP contribution in [0.3, 0.4) is 0 Å². The van der Waals surface area contributed by atoms with Gasteiger partial charge in [0, 0.05) is 5.75 Å². The summed E-state index contributed by atoms with van der Waals surface area (Å²) in [6.45, 7) is 0. The summed E-state index contributed by atoms with van der Waals surface area (Å²) in [4.78, 5) is 0. The summed E-state index contributed by atoms with van der Waals surface area (Å²) in [5.41, 5.74) is 2.26. The van der Waals surface area contributed by atoms with Crippen molar-refractivity contribution in [3.8, 4) is 5.69 Å². The van der Waals surface area contributed by atoms with Crippen LogP contribution in [-0.4, -0.2) is 20.2 Å². The fourth-order valence-corrected chi connectivity index (χ4v) is 3.46. The van der Waals surface area contributed by atoms with Gasteiger partial charge >= 0.3 is 0 Å². The van der Waals surface area contributed by atoms with Crippen LogP contribution >= 0.6 is 11.8 Å². The first-order valence-corrected chi connectivity index (χ1v) is 8.33. The van der Waals surface area contributed by atoms with Crippen LogP contribution in [0.4, 0.5) is 0 Å². The average molecular weight is 318 g/mol. The number of tetrazole rings is 1. The van der Waals surface area contributed by atoms with Gasteiger partial charge in [0.05, 0.1) is 5.69 Å². The molecule has 4 aromatic rings. The van der Waals surface area contributed by atoms with Gasteiger partial charge in [-0.25, -0.2) is 0 Å². The fraction of sp³-hybridized carbons (Fsp3) is 0.0556. The van der Waals surface area contributed by atoms with Crippen LogP contribution in [0.1, 0.15) is 5.56 Å². The zero-order chi connectivity index (χ0) is 15.5. The van der Waals surface area contributed by atoms with Gasteiger partial charge in [0.2, 0.25) is 5.16 Å². The first-order valence-electron chi connectivity index (χ1n) is 7.35. The van der Waals surface area contributed by atoms with E-state index < -0.39 is 0 Å². The van der Waals surface area contributed by atoms with Crippen LogP contribution in [0.25, 0.3) is 16.5 Å². The lowest BCUT2D eigenvalue weighted by molar-refractivity contribution is 0.756. The number of nitrogens with zero attached hydrogens (tertiary/aromatic N) is 4. The molecule has 0 amide bonds. The minimum Gasteiger partial charge on any atom is -0.188 e. The summed E-state index contributed by atoms with van der Waals surface area (Å²) in [5, 5.41) is 15.4. The van der Waals surface area contributed by atoms with Crippen molar-refractivity contribution in [1.29, 1.82) is 0 Å². The largest absolute Gasteiger partial charge is 0.214 e.